The topological polar surface area (TPSA) is 81.2 Å². The first-order valence-electron chi connectivity index (χ1n) is 8.23. The Kier molecular flexibility index (Phi) is 5.78. The summed E-state index contributed by atoms with van der Waals surface area (Å²) in [5.74, 6) is -0.197. The minimum Gasteiger partial charge on any atom is -0.475 e. The number of benzene rings is 2. The van der Waals surface area contributed by atoms with E-state index in [1.54, 1.807) is 12.1 Å². The smallest absolute Gasteiger partial charge is 0.240 e. The van der Waals surface area contributed by atoms with E-state index in [-0.39, 0.29) is 18.0 Å². The van der Waals surface area contributed by atoms with Gasteiger partial charge < -0.3 is 4.74 Å². The van der Waals surface area contributed by atoms with E-state index in [0.29, 0.717) is 5.88 Å². The number of hydrogen-bond donors (Lipinski definition) is 1. The second-order valence-corrected chi connectivity index (χ2v) is 7.59. The summed E-state index contributed by atoms with van der Waals surface area (Å²) in [7, 11) is -3.71. The molecule has 0 aliphatic heterocycles. The first-order valence-corrected chi connectivity index (χ1v) is 9.71. The molecule has 0 saturated heterocycles. The summed E-state index contributed by atoms with van der Waals surface area (Å²) in [6, 6.07) is 16.0. The zero-order valence-corrected chi connectivity index (χ0v) is 15.4. The summed E-state index contributed by atoms with van der Waals surface area (Å²) in [6.45, 7) is 2.14. The van der Waals surface area contributed by atoms with Crippen molar-refractivity contribution >= 4 is 10.0 Å². The highest BCUT2D eigenvalue weighted by Crippen LogP contribution is 2.18. The van der Waals surface area contributed by atoms with E-state index in [1.807, 2.05) is 31.2 Å². The molecule has 0 bridgehead atoms. The second kappa shape index (κ2) is 8.24. The van der Waals surface area contributed by atoms with E-state index >= 15 is 0 Å². The molecule has 1 heterocycles. The quantitative estimate of drug-likeness (QED) is 0.631. The number of sulfonamides is 1. The fourth-order valence-corrected chi connectivity index (χ4v) is 3.32. The van der Waals surface area contributed by atoms with Gasteiger partial charge in [-0.3, -0.25) is 0 Å². The van der Waals surface area contributed by atoms with E-state index < -0.39 is 15.8 Å². The molecule has 0 unspecified atom stereocenters. The van der Waals surface area contributed by atoms with Gasteiger partial charge in [-0.15, -0.1) is 10.2 Å². The largest absolute Gasteiger partial charge is 0.475 e. The maximum absolute atomic E-state index is 12.9. The fourth-order valence-electron chi connectivity index (χ4n) is 2.30. The van der Waals surface area contributed by atoms with Crippen molar-refractivity contribution in [3.63, 3.8) is 0 Å². The minimum atomic E-state index is -3.71. The summed E-state index contributed by atoms with van der Waals surface area (Å²) in [6.07, 6.45) is 0. The zero-order valence-electron chi connectivity index (χ0n) is 14.6. The molecule has 1 aromatic heterocycles. The molecule has 27 heavy (non-hydrogen) atoms. The highest BCUT2D eigenvalue weighted by atomic mass is 32.2. The van der Waals surface area contributed by atoms with Crippen LogP contribution in [0.1, 0.15) is 5.56 Å². The van der Waals surface area contributed by atoms with Gasteiger partial charge in [-0.25, -0.2) is 17.5 Å². The van der Waals surface area contributed by atoms with Crippen molar-refractivity contribution in [2.75, 3.05) is 13.2 Å². The zero-order chi connectivity index (χ0) is 19.3. The molecule has 0 atom stereocenters. The van der Waals surface area contributed by atoms with E-state index in [4.69, 9.17) is 4.74 Å². The van der Waals surface area contributed by atoms with Gasteiger partial charge in [-0.1, -0.05) is 29.8 Å². The van der Waals surface area contributed by atoms with Gasteiger partial charge in [0.2, 0.25) is 15.9 Å². The fraction of sp³-hybridized carbons (Fsp3) is 0.158. The van der Waals surface area contributed by atoms with Crippen LogP contribution < -0.4 is 9.46 Å². The summed E-state index contributed by atoms with van der Waals surface area (Å²) in [5.41, 5.74) is 2.83. The third-order valence-corrected chi connectivity index (χ3v) is 5.23. The Labute approximate surface area is 157 Å². The van der Waals surface area contributed by atoms with E-state index in [0.717, 1.165) is 29.0 Å². The molecule has 3 rings (SSSR count). The Hall–Kier alpha value is -2.84. The molecular weight excluding hydrogens is 369 g/mol. The van der Waals surface area contributed by atoms with Crippen molar-refractivity contribution in [1.29, 1.82) is 0 Å². The molecule has 0 aliphatic rings. The van der Waals surface area contributed by atoms with Crippen molar-refractivity contribution in [2.45, 2.75) is 11.8 Å². The Bertz CT molecular complexity index is 990. The molecule has 0 aliphatic carbocycles. The van der Waals surface area contributed by atoms with Crippen LogP contribution in [-0.2, 0) is 10.0 Å². The molecule has 140 valence electrons. The molecule has 3 aromatic rings. The molecule has 1 N–H and O–H groups in total. The van der Waals surface area contributed by atoms with Crippen LogP contribution in [0.4, 0.5) is 4.39 Å². The standard InChI is InChI=1S/C19H18FN3O3S/c1-14-2-4-15(5-3-14)18-10-11-19(23-22-18)26-13-12-21-27(24,25)17-8-6-16(20)7-9-17/h2-11,21H,12-13H2,1H3. The van der Waals surface area contributed by atoms with Crippen molar-refractivity contribution in [2.24, 2.45) is 0 Å². The van der Waals surface area contributed by atoms with Crippen molar-refractivity contribution in [1.82, 2.24) is 14.9 Å². The Morgan fingerprint density at radius 3 is 2.30 bits per heavy atom. The minimum absolute atomic E-state index is 0.00820. The van der Waals surface area contributed by atoms with Crippen LogP contribution in [0.25, 0.3) is 11.3 Å². The lowest BCUT2D eigenvalue weighted by atomic mass is 10.1. The van der Waals surface area contributed by atoms with Gasteiger partial charge in [-0.2, -0.15) is 0 Å². The number of aromatic nitrogens is 2. The summed E-state index contributed by atoms with van der Waals surface area (Å²) < 4.78 is 44.8. The molecule has 0 amide bonds. The molecular formula is C19H18FN3O3S. The lowest BCUT2D eigenvalue weighted by Gasteiger charge is -2.08. The first-order chi connectivity index (χ1) is 12.9. The monoisotopic (exact) mass is 387 g/mol. The lowest BCUT2D eigenvalue weighted by molar-refractivity contribution is 0.307. The average Bonchev–Trinajstić information content (AvgIpc) is 2.67. The molecule has 0 radical (unpaired) electrons. The number of hydrogen-bond acceptors (Lipinski definition) is 5. The number of nitrogens with one attached hydrogen (secondary N) is 1. The van der Waals surface area contributed by atoms with Gasteiger partial charge in [0.1, 0.15) is 12.4 Å². The Morgan fingerprint density at radius 2 is 1.67 bits per heavy atom. The van der Waals surface area contributed by atoms with Crippen LogP contribution in [0.2, 0.25) is 0 Å². The molecule has 0 spiro atoms. The normalized spacial score (nSPS) is 11.3. The van der Waals surface area contributed by atoms with Gasteiger partial charge in [0.05, 0.1) is 10.6 Å². The number of ether oxygens (including phenoxy) is 1. The van der Waals surface area contributed by atoms with Gasteiger partial charge in [-0.05, 0) is 37.3 Å². The SMILES string of the molecule is Cc1ccc(-c2ccc(OCCNS(=O)(=O)c3ccc(F)cc3)nn2)cc1. The average molecular weight is 387 g/mol. The Balaban J connectivity index is 1.52. The lowest BCUT2D eigenvalue weighted by Crippen LogP contribution is -2.28. The second-order valence-electron chi connectivity index (χ2n) is 5.82. The number of aryl methyl sites for hydroxylation is 1. The third-order valence-electron chi connectivity index (χ3n) is 3.76. The highest BCUT2D eigenvalue weighted by Gasteiger charge is 2.13. The van der Waals surface area contributed by atoms with Gasteiger partial charge in [0.25, 0.3) is 0 Å². The summed E-state index contributed by atoms with van der Waals surface area (Å²) in [5, 5.41) is 8.10. The molecule has 6 nitrogen and oxygen atoms in total. The predicted octanol–water partition coefficient (Wildman–Crippen LogP) is 2.95. The number of nitrogens with zero attached hydrogens (tertiary/aromatic N) is 2. The van der Waals surface area contributed by atoms with Gasteiger partial charge in [0, 0.05) is 18.2 Å². The van der Waals surface area contributed by atoms with E-state index in [9.17, 15) is 12.8 Å². The molecule has 8 heteroatoms. The van der Waals surface area contributed by atoms with E-state index in [1.165, 1.54) is 12.1 Å². The summed E-state index contributed by atoms with van der Waals surface area (Å²) >= 11 is 0. The Morgan fingerprint density at radius 1 is 0.963 bits per heavy atom. The molecule has 0 fully saturated rings. The third kappa shape index (κ3) is 5.08. The van der Waals surface area contributed by atoms with Crippen LogP contribution >= 0.6 is 0 Å². The first kappa shape index (κ1) is 18.9. The highest BCUT2D eigenvalue weighted by molar-refractivity contribution is 7.89. The van der Waals surface area contributed by atoms with Crippen LogP contribution in [-0.4, -0.2) is 31.8 Å². The maximum Gasteiger partial charge on any atom is 0.240 e. The van der Waals surface area contributed by atoms with Crippen molar-refractivity contribution < 1.29 is 17.5 Å². The molecule has 0 saturated carbocycles. The van der Waals surface area contributed by atoms with Crippen LogP contribution in [0.5, 0.6) is 5.88 Å². The van der Waals surface area contributed by atoms with Gasteiger partial charge >= 0.3 is 0 Å². The molecule has 2 aromatic carbocycles. The van der Waals surface area contributed by atoms with Crippen LogP contribution in [0.3, 0.4) is 0 Å². The summed E-state index contributed by atoms with van der Waals surface area (Å²) in [4.78, 5) is -0.00820. The number of halogens is 1. The predicted molar refractivity (Wildman–Crippen MR) is 99.3 cm³/mol. The van der Waals surface area contributed by atoms with Crippen LogP contribution in [0, 0.1) is 12.7 Å². The van der Waals surface area contributed by atoms with E-state index in [2.05, 4.69) is 14.9 Å². The maximum atomic E-state index is 12.9. The van der Waals surface area contributed by atoms with Crippen molar-refractivity contribution in [3.8, 4) is 17.1 Å². The number of rotatable bonds is 7. The van der Waals surface area contributed by atoms with Gasteiger partial charge in [0.15, 0.2) is 0 Å². The van der Waals surface area contributed by atoms with Crippen molar-refractivity contribution in [3.05, 3.63) is 72.0 Å². The van der Waals surface area contributed by atoms with Crippen LogP contribution in [0.15, 0.2) is 65.6 Å².